The van der Waals surface area contributed by atoms with Gasteiger partial charge in [-0.25, -0.2) is 0 Å². The molecule has 1 amide bonds. The molecule has 0 fully saturated rings. The first-order valence-corrected chi connectivity index (χ1v) is 9.40. The maximum atomic E-state index is 12.8. The van der Waals surface area contributed by atoms with Crippen LogP contribution >= 0.6 is 15.9 Å². The lowest BCUT2D eigenvalue weighted by Crippen LogP contribution is -2.21. The summed E-state index contributed by atoms with van der Waals surface area (Å²) < 4.78 is 2.73. The summed E-state index contributed by atoms with van der Waals surface area (Å²) in [6, 6.07) is 20.6. The van der Waals surface area contributed by atoms with E-state index in [2.05, 4.69) is 21.2 Å². The molecule has 0 saturated heterocycles. The van der Waals surface area contributed by atoms with Gasteiger partial charge in [-0.3, -0.25) is 9.59 Å². The van der Waals surface area contributed by atoms with Crippen LogP contribution in [0, 0.1) is 6.92 Å². The van der Waals surface area contributed by atoms with Gasteiger partial charge in [0.1, 0.15) is 6.54 Å². The highest BCUT2D eigenvalue weighted by Crippen LogP contribution is 2.24. The quantitative estimate of drug-likeness (QED) is 0.480. The third kappa shape index (κ3) is 3.26. The number of benzene rings is 3. The second-order valence-electron chi connectivity index (χ2n) is 6.48. The molecular weight excluding hydrogens is 404 g/mol. The van der Waals surface area contributed by atoms with Gasteiger partial charge in [0.05, 0.1) is 16.7 Å². The van der Waals surface area contributed by atoms with E-state index in [-0.39, 0.29) is 17.9 Å². The third-order valence-electron chi connectivity index (χ3n) is 4.58. The van der Waals surface area contributed by atoms with Gasteiger partial charge in [0.25, 0.3) is 0 Å². The summed E-state index contributed by atoms with van der Waals surface area (Å²) in [5.41, 5.74) is 3.32. The largest absolute Gasteiger partial charge is 0.331 e. The number of nitrogens with zero attached hydrogens (tertiary/aromatic N) is 1. The van der Waals surface area contributed by atoms with Crippen LogP contribution in [0.25, 0.3) is 21.8 Å². The highest BCUT2D eigenvalue weighted by Gasteiger charge is 2.13. The van der Waals surface area contributed by atoms with Crippen LogP contribution in [-0.2, 0) is 11.3 Å². The second-order valence-corrected chi connectivity index (χ2v) is 7.34. The molecule has 4 aromatic rings. The molecule has 4 nitrogen and oxygen atoms in total. The molecule has 134 valence electrons. The zero-order chi connectivity index (χ0) is 19.0. The number of rotatable bonds is 3. The van der Waals surface area contributed by atoms with Crippen molar-refractivity contribution in [1.82, 2.24) is 4.57 Å². The van der Waals surface area contributed by atoms with Gasteiger partial charge in [-0.05, 0) is 64.8 Å². The summed E-state index contributed by atoms with van der Waals surface area (Å²) in [6.45, 7) is 2.11. The molecule has 0 atom stereocenters. The molecule has 0 aliphatic carbocycles. The number of nitrogens with one attached hydrogen (secondary N) is 1. The number of amides is 1. The predicted octanol–water partition coefficient (Wildman–Crippen LogP) is 4.86. The minimum atomic E-state index is -0.154. The van der Waals surface area contributed by atoms with Crippen LogP contribution in [0.5, 0.6) is 0 Å². The van der Waals surface area contributed by atoms with Crippen molar-refractivity contribution in [2.45, 2.75) is 13.5 Å². The molecule has 0 radical (unpaired) electrons. The number of pyridine rings is 1. The first-order chi connectivity index (χ1) is 13.0. The summed E-state index contributed by atoms with van der Waals surface area (Å²) in [5.74, 6) is -0.154. The number of aromatic nitrogens is 1. The molecule has 0 aliphatic rings. The van der Waals surface area contributed by atoms with E-state index in [0.29, 0.717) is 10.8 Å². The van der Waals surface area contributed by atoms with Crippen LogP contribution in [0.2, 0.25) is 0 Å². The van der Waals surface area contributed by atoms with Gasteiger partial charge < -0.3 is 9.88 Å². The van der Waals surface area contributed by atoms with E-state index in [1.807, 2.05) is 66.1 Å². The first-order valence-electron chi connectivity index (χ1n) is 8.61. The minimum Gasteiger partial charge on any atom is -0.331 e. The monoisotopic (exact) mass is 420 g/mol. The zero-order valence-electron chi connectivity index (χ0n) is 14.7. The molecule has 0 bridgehead atoms. The fourth-order valence-corrected chi connectivity index (χ4v) is 3.89. The third-order valence-corrected chi connectivity index (χ3v) is 5.24. The van der Waals surface area contributed by atoms with E-state index in [9.17, 15) is 9.59 Å². The summed E-state index contributed by atoms with van der Waals surface area (Å²) in [5, 5.41) is 4.17. The Balaban J connectivity index is 1.79. The first kappa shape index (κ1) is 17.5. The van der Waals surface area contributed by atoms with Crippen molar-refractivity contribution in [2.75, 3.05) is 5.32 Å². The minimum absolute atomic E-state index is 0.0147. The van der Waals surface area contributed by atoms with Crippen LogP contribution in [-0.4, -0.2) is 10.5 Å². The van der Waals surface area contributed by atoms with Gasteiger partial charge in [0.15, 0.2) is 5.43 Å². The van der Waals surface area contributed by atoms with E-state index in [0.717, 1.165) is 26.8 Å². The van der Waals surface area contributed by atoms with E-state index < -0.39 is 0 Å². The summed E-state index contributed by atoms with van der Waals surface area (Å²) in [4.78, 5) is 25.5. The Kier molecular flexibility index (Phi) is 4.54. The fraction of sp³-hybridized carbons (Fsp3) is 0.0909. The average Bonchev–Trinajstić information content (AvgIpc) is 2.67. The number of fused-ring (bicyclic) bond motifs is 2. The van der Waals surface area contributed by atoms with Gasteiger partial charge in [0.2, 0.25) is 5.91 Å². The molecule has 27 heavy (non-hydrogen) atoms. The van der Waals surface area contributed by atoms with Crippen molar-refractivity contribution >= 4 is 49.3 Å². The maximum Gasteiger partial charge on any atom is 0.244 e. The Morgan fingerprint density at radius 1 is 0.963 bits per heavy atom. The molecule has 1 aromatic heterocycles. The van der Waals surface area contributed by atoms with E-state index in [4.69, 9.17) is 0 Å². The molecular formula is C22H17BrN2O2. The van der Waals surface area contributed by atoms with E-state index in [1.165, 1.54) is 0 Å². The number of anilines is 1. The predicted molar refractivity (Wildman–Crippen MR) is 113 cm³/mol. The normalized spacial score (nSPS) is 11.0. The SMILES string of the molecule is Cc1ccc(NC(=O)Cn2c3ccccc3c(=O)c3ccccc32)c(Br)c1. The van der Waals surface area contributed by atoms with Crippen molar-refractivity contribution < 1.29 is 4.79 Å². The van der Waals surface area contributed by atoms with E-state index >= 15 is 0 Å². The maximum absolute atomic E-state index is 12.8. The number of carbonyl (C=O) groups excluding carboxylic acids is 1. The molecule has 1 N–H and O–H groups in total. The topological polar surface area (TPSA) is 51.1 Å². The average molecular weight is 421 g/mol. The molecule has 0 saturated carbocycles. The fourth-order valence-electron chi connectivity index (χ4n) is 3.30. The van der Waals surface area contributed by atoms with Crippen molar-refractivity contribution in [1.29, 1.82) is 0 Å². The summed E-state index contributed by atoms with van der Waals surface area (Å²) in [6.07, 6.45) is 0. The van der Waals surface area contributed by atoms with Gasteiger partial charge in [-0.1, -0.05) is 30.3 Å². The number of para-hydroxylation sites is 2. The number of carbonyl (C=O) groups is 1. The summed E-state index contributed by atoms with van der Waals surface area (Å²) >= 11 is 3.49. The van der Waals surface area contributed by atoms with Crippen LogP contribution < -0.4 is 10.7 Å². The lowest BCUT2D eigenvalue weighted by molar-refractivity contribution is -0.116. The number of hydrogen-bond acceptors (Lipinski definition) is 2. The zero-order valence-corrected chi connectivity index (χ0v) is 16.3. The Hall–Kier alpha value is -2.92. The van der Waals surface area contributed by atoms with Crippen molar-refractivity contribution in [2.24, 2.45) is 0 Å². The van der Waals surface area contributed by atoms with Crippen LogP contribution in [0.1, 0.15) is 5.56 Å². The van der Waals surface area contributed by atoms with E-state index in [1.54, 1.807) is 12.1 Å². The number of aryl methyl sites for hydroxylation is 1. The second kappa shape index (κ2) is 7.00. The van der Waals surface area contributed by atoms with Crippen LogP contribution in [0.15, 0.2) is 76.0 Å². The van der Waals surface area contributed by atoms with Gasteiger partial charge in [-0.15, -0.1) is 0 Å². The smallest absolute Gasteiger partial charge is 0.244 e. The molecule has 0 spiro atoms. The Labute approximate surface area is 164 Å². The molecule has 4 rings (SSSR count). The lowest BCUT2D eigenvalue weighted by Gasteiger charge is -2.15. The molecule has 3 aromatic carbocycles. The highest BCUT2D eigenvalue weighted by molar-refractivity contribution is 9.10. The highest BCUT2D eigenvalue weighted by atomic mass is 79.9. The molecule has 5 heteroatoms. The Morgan fingerprint density at radius 2 is 1.56 bits per heavy atom. The molecule has 1 heterocycles. The Morgan fingerprint density at radius 3 is 2.15 bits per heavy atom. The van der Waals surface area contributed by atoms with Gasteiger partial charge in [-0.2, -0.15) is 0 Å². The van der Waals surface area contributed by atoms with Crippen LogP contribution in [0.4, 0.5) is 5.69 Å². The van der Waals surface area contributed by atoms with Gasteiger partial charge in [0, 0.05) is 15.2 Å². The lowest BCUT2D eigenvalue weighted by atomic mass is 10.1. The van der Waals surface area contributed by atoms with Crippen molar-refractivity contribution in [3.05, 3.63) is 87.0 Å². The standard InChI is InChI=1S/C22H17BrN2O2/c1-14-10-11-18(17(23)12-14)24-21(26)13-25-19-8-4-2-6-15(19)22(27)16-7-3-5-9-20(16)25/h2-12H,13H2,1H3,(H,24,26). The van der Waals surface area contributed by atoms with Crippen LogP contribution in [0.3, 0.4) is 0 Å². The molecule has 0 aliphatic heterocycles. The van der Waals surface area contributed by atoms with Crippen molar-refractivity contribution in [3.8, 4) is 0 Å². The van der Waals surface area contributed by atoms with Crippen molar-refractivity contribution in [3.63, 3.8) is 0 Å². The van der Waals surface area contributed by atoms with Gasteiger partial charge >= 0.3 is 0 Å². The Bertz CT molecular complexity index is 1180. The number of halogens is 1. The summed E-state index contributed by atoms with van der Waals surface area (Å²) in [7, 11) is 0. The molecule has 0 unspecified atom stereocenters. The number of hydrogen-bond donors (Lipinski definition) is 1.